The molecular weight excluding hydrogens is 368 g/mol. The molecule has 0 unspecified atom stereocenters. The van der Waals surface area contributed by atoms with Crippen LogP contribution in [0.4, 0.5) is 5.69 Å². The van der Waals surface area contributed by atoms with Crippen LogP contribution in [0.5, 0.6) is 5.75 Å². The summed E-state index contributed by atoms with van der Waals surface area (Å²) in [5.74, 6) is 0.816. The van der Waals surface area contributed by atoms with Crippen molar-refractivity contribution in [1.82, 2.24) is 4.90 Å². The fraction of sp³-hybridized carbons (Fsp3) is 0.696. The van der Waals surface area contributed by atoms with Gasteiger partial charge in [-0.25, -0.2) is 0 Å². The van der Waals surface area contributed by atoms with Crippen molar-refractivity contribution in [2.24, 2.45) is 0 Å². The van der Waals surface area contributed by atoms with Crippen LogP contribution in [0, 0.1) is 0 Å². The van der Waals surface area contributed by atoms with Crippen LogP contribution in [0.1, 0.15) is 51.9 Å². The Morgan fingerprint density at radius 3 is 2.41 bits per heavy atom. The lowest BCUT2D eigenvalue weighted by molar-refractivity contribution is -0.143. The summed E-state index contributed by atoms with van der Waals surface area (Å²) in [6.45, 7) is 7.81. The number of benzene rings is 1. The molecule has 6 heteroatoms. The summed E-state index contributed by atoms with van der Waals surface area (Å²) in [4.78, 5) is 15.4. The second kappa shape index (κ2) is 11.5. The standard InChI is InChI=1S/C23H36N2O4/c1-2-16-29-23(11-5-3-4-6-12-23)22(26)24-20-7-9-21(10-8-20)28-19-15-25-13-17-27-18-14-25/h7-10H,2-6,11-19H2,1H3,(H,24,26). The van der Waals surface area contributed by atoms with Crippen LogP contribution in [0.3, 0.4) is 0 Å². The molecular formula is C23H36N2O4. The Bertz CT molecular complexity index is 606. The van der Waals surface area contributed by atoms with Gasteiger partial charge < -0.3 is 19.5 Å². The van der Waals surface area contributed by atoms with Gasteiger partial charge in [-0.3, -0.25) is 9.69 Å². The van der Waals surface area contributed by atoms with Crippen LogP contribution in [0.15, 0.2) is 24.3 Å². The summed E-state index contributed by atoms with van der Waals surface area (Å²) < 4.78 is 17.3. The number of carbonyl (C=O) groups is 1. The third-order valence-corrected chi connectivity index (χ3v) is 5.80. The number of anilines is 1. The highest BCUT2D eigenvalue weighted by Crippen LogP contribution is 2.32. The highest BCUT2D eigenvalue weighted by molar-refractivity contribution is 5.97. The minimum Gasteiger partial charge on any atom is -0.492 e. The average molecular weight is 405 g/mol. The van der Waals surface area contributed by atoms with Crippen LogP contribution in [0.25, 0.3) is 0 Å². The molecule has 1 aliphatic carbocycles. The molecule has 1 saturated carbocycles. The average Bonchev–Trinajstić information content (AvgIpc) is 3.01. The normalized spacial score (nSPS) is 20.0. The van der Waals surface area contributed by atoms with Gasteiger partial charge in [-0.1, -0.05) is 32.6 Å². The van der Waals surface area contributed by atoms with Gasteiger partial charge in [0.25, 0.3) is 5.91 Å². The maximum absolute atomic E-state index is 13.1. The lowest BCUT2D eigenvalue weighted by atomic mass is 9.92. The Morgan fingerprint density at radius 2 is 1.76 bits per heavy atom. The Balaban J connectivity index is 1.51. The summed E-state index contributed by atoms with van der Waals surface area (Å²) >= 11 is 0. The van der Waals surface area contributed by atoms with E-state index in [9.17, 15) is 4.79 Å². The van der Waals surface area contributed by atoms with Gasteiger partial charge in [0.05, 0.1) is 13.2 Å². The lowest BCUT2D eigenvalue weighted by Gasteiger charge is -2.31. The number of carbonyl (C=O) groups excluding carboxylic acids is 1. The van der Waals surface area contributed by atoms with Crippen molar-refractivity contribution in [2.45, 2.75) is 57.5 Å². The zero-order valence-electron chi connectivity index (χ0n) is 17.8. The predicted molar refractivity (Wildman–Crippen MR) is 115 cm³/mol. The van der Waals surface area contributed by atoms with Crippen LogP contribution < -0.4 is 10.1 Å². The summed E-state index contributed by atoms with van der Waals surface area (Å²) in [6.07, 6.45) is 7.00. The molecule has 29 heavy (non-hydrogen) atoms. The van der Waals surface area contributed by atoms with E-state index < -0.39 is 5.60 Å². The Kier molecular flexibility index (Phi) is 8.77. The molecule has 3 rings (SSSR count). The van der Waals surface area contributed by atoms with E-state index in [0.29, 0.717) is 13.2 Å². The Morgan fingerprint density at radius 1 is 1.07 bits per heavy atom. The fourth-order valence-corrected chi connectivity index (χ4v) is 4.03. The second-order valence-electron chi connectivity index (χ2n) is 8.04. The summed E-state index contributed by atoms with van der Waals surface area (Å²) in [5.41, 5.74) is 0.110. The topological polar surface area (TPSA) is 60.0 Å². The zero-order chi connectivity index (χ0) is 20.4. The minimum atomic E-state index is -0.681. The van der Waals surface area contributed by atoms with Crippen molar-refractivity contribution in [1.29, 1.82) is 0 Å². The number of rotatable bonds is 9. The van der Waals surface area contributed by atoms with Gasteiger partial charge in [-0.2, -0.15) is 0 Å². The largest absolute Gasteiger partial charge is 0.492 e. The van der Waals surface area contributed by atoms with Gasteiger partial charge in [0.2, 0.25) is 0 Å². The van der Waals surface area contributed by atoms with Crippen molar-refractivity contribution in [3.63, 3.8) is 0 Å². The number of ether oxygens (including phenoxy) is 3. The van der Waals surface area contributed by atoms with Crippen LogP contribution in [0.2, 0.25) is 0 Å². The van der Waals surface area contributed by atoms with Crippen molar-refractivity contribution in [3.05, 3.63) is 24.3 Å². The molecule has 0 bridgehead atoms. The summed E-state index contributed by atoms with van der Waals surface area (Å²) in [6, 6.07) is 7.65. The van der Waals surface area contributed by atoms with E-state index in [0.717, 1.165) is 76.4 Å². The van der Waals surface area contributed by atoms with E-state index in [1.54, 1.807) is 0 Å². The van der Waals surface area contributed by atoms with Gasteiger partial charge in [-0.05, 0) is 43.5 Å². The first-order valence-corrected chi connectivity index (χ1v) is 11.2. The predicted octanol–water partition coefficient (Wildman–Crippen LogP) is 3.86. The fourth-order valence-electron chi connectivity index (χ4n) is 4.03. The van der Waals surface area contributed by atoms with Crippen molar-refractivity contribution in [2.75, 3.05) is 51.4 Å². The van der Waals surface area contributed by atoms with Crippen molar-refractivity contribution in [3.8, 4) is 5.75 Å². The molecule has 1 N–H and O–H groups in total. The number of amides is 1. The molecule has 1 saturated heterocycles. The quantitative estimate of drug-likeness (QED) is 0.634. The highest BCUT2D eigenvalue weighted by Gasteiger charge is 2.39. The maximum atomic E-state index is 13.1. The molecule has 1 aromatic carbocycles. The van der Waals surface area contributed by atoms with Crippen LogP contribution in [-0.4, -0.2) is 62.5 Å². The second-order valence-corrected chi connectivity index (χ2v) is 8.04. The van der Waals surface area contributed by atoms with Crippen molar-refractivity contribution < 1.29 is 19.0 Å². The first-order valence-electron chi connectivity index (χ1n) is 11.2. The molecule has 1 heterocycles. The minimum absolute atomic E-state index is 0.00571. The van der Waals surface area contributed by atoms with Gasteiger partial charge in [0.1, 0.15) is 18.0 Å². The SMILES string of the molecule is CCCOC1(C(=O)Nc2ccc(OCCN3CCOCC3)cc2)CCCCCC1. The van der Waals surface area contributed by atoms with E-state index >= 15 is 0 Å². The third kappa shape index (κ3) is 6.69. The smallest absolute Gasteiger partial charge is 0.256 e. The summed E-state index contributed by atoms with van der Waals surface area (Å²) in [5, 5.41) is 3.08. The van der Waals surface area contributed by atoms with Gasteiger partial charge in [0.15, 0.2) is 0 Å². The van der Waals surface area contributed by atoms with Gasteiger partial charge >= 0.3 is 0 Å². The van der Waals surface area contributed by atoms with E-state index in [1.165, 1.54) is 12.8 Å². The van der Waals surface area contributed by atoms with E-state index in [1.807, 2.05) is 24.3 Å². The van der Waals surface area contributed by atoms with E-state index in [-0.39, 0.29) is 5.91 Å². The molecule has 0 aromatic heterocycles. The highest BCUT2D eigenvalue weighted by atomic mass is 16.5. The number of hydrogen-bond donors (Lipinski definition) is 1. The first kappa shape index (κ1) is 22.1. The van der Waals surface area contributed by atoms with E-state index in [4.69, 9.17) is 14.2 Å². The van der Waals surface area contributed by atoms with Gasteiger partial charge in [0, 0.05) is 31.9 Å². The maximum Gasteiger partial charge on any atom is 0.256 e. The molecule has 1 amide bonds. The van der Waals surface area contributed by atoms with Gasteiger partial charge in [-0.15, -0.1) is 0 Å². The first-order chi connectivity index (χ1) is 14.2. The Hall–Kier alpha value is -1.63. The molecule has 1 aliphatic heterocycles. The van der Waals surface area contributed by atoms with Crippen LogP contribution in [-0.2, 0) is 14.3 Å². The third-order valence-electron chi connectivity index (χ3n) is 5.80. The number of nitrogens with one attached hydrogen (secondary N) is 1. The molecule has 162 valence electrons. The molecule has 0 atom stereocenters. The molecule has 2 fully saturated rings. The number of morpholine rings is 1. The van der Waals surface area contributed by atoms with Crippen molar-refractivity contribution >= 4 is 11.6 Å². The molecule has 2 aliphatic rings. The number of nitrogens with zero attached hydrogens (tertiary/aromatic N) is 1. The molecule has 6 nitrogen and oxygen atoms in total. The summed E-state index contributed by atoms with van der Waals surface area (Å²) in [7, 11) is 0. The molecule has 0 spiro atoms. The molecule has 0 radical (unpaired) electrons. The Labute approximate surface area is 174 Å². The monoisotopic (exact) mass is 404 g/mol. The lowest BCUT2D eigenvalue weighted by Crippen LogP contribution is -2.45. The van der Waals surface area contributed by atoms with E-state index in [2.05, 4.69) is 17.1 Å². The van der Waals surface area contributed by atoms with Crippen LogP contribution >= 0.6 is 0 Å². The zero-order valence-corrected chi connectivity index (χ0v) is 17.8. The number of hydrogen-bond acceptors (Lipinski definition) is 5. The molecule has 1 aromatic rings.